The van der Waals surface area contributed by atoms with Gasteiger partial charge in [0.05, 0.1) is 12.8 Å². The highest BCUT2D eigenvalue weighted by Gasteiger charge is 2.53. The molecule has 0 radical (unpaired) electrons. The molecule has 8 heteroatoms. The van der Waals surface area contributed by atoms with Gasteiger partial charge in [0.2, 0.25) is 11.9 Å². The summed E-state index contributed by atoms with van der Waals surface area (Å²) in [5, 5.41) is 13.0. The number of aromatic nitrogens is 1. The molecule has 0 saturated heterocycles. The summed E-state index contributed by atoms with van der Waals surface area (Å²) < 4.78 is 4.58. The molecule has 102 valence electrons. The molecule has 0 aliphatic heterocycles. The molecular formula is C11H13N3O5. The third-order valence-corrected chi connectivity index (χ3v) is 2.96. The number of aromatic amines is 1. The van der Waals surface area contributed by atoms with E-state index >= 15 is 0 Å². The number of carbonyl (C=O) groups is 2. The van der Waals surface area contributed by atoms with Crippen LogP contribution in [0.1, 0.15) is 22.6 Å². The van der Waals surface area contributed by atoms with E-state index in [1.54, 1.807) is 13.0 Å². The molecule has 1 aliphatic rings. The Kier molecular flexibility index (Phi) is 3.24. The quantitative estimate of drug-likeness (QED) is 0.473. The second-order valence-corrected chi connectivity index (χ2v) is 4.42. The van der Waals surface area contributed by atoms with Crippen molar-refractivity contribution in [2.24, 2.45) is 5.92 Å². The first-order chi connectivity index (χ1) is 8.93. The van der Waals surface area contributed by atoms with Crippen LogP contribution < -0.4 is 5.32 Å². The molecule has 1 aromatic heterocycles. The number of aryl methyl sites for hydroxylation is 1. The van der Waals surface area contributed by atoms with Crippen LogP contribution in [-0.2, 0) is 9.53 Å². The largest absolute Gasteiger partial charge is 0.464 e. The van der Waals surface area contributed by atoms with Gasteiger partial charge in [-0.1, -0.05) is 0 Å². The van der Waals surface area contributed by atoms with E-state index < -0.39 is 28.8 Å². The molecule has 2 atom stereocenters. The minimum Gasteiger partial charge on any atom is -0.464 e. The van der Waals surface area contributed by atoms with Crippen molar-refractivity contribution in [1.82, 2.24) is 4.98 Å². The predicted molar refractivity (Wildman–Crippen MR) is 64.4 cm³/mol. The fourth-order valence-corrected chi connectivity index (χ4v) is 1.87. The number of H-pyrrole nitrogens is 1. The maximum Gasteiger partial charge on any atom is 0.356 e. The first-order valence-corrected chi connectivity index (χ1v) is 5.66. The number of amides is 1. The van der Waals surface area contributed by atoms with E-state index in [0.717, 1.165) is 0 Å². The Morgan fingerprint density at radius 1 is 1.58 bits per heavy atom. The summed E-state index contributed by atoms with van der Waals surface area (Å²) in [6, 6.07) is 0.759. The lowest BCUT2D eigenvalue weighted by Crippen LogP contribution is -2.19. The number of rotatable bonds is 4. The number of anilines is 1. The van der Waals surface area contributed by atoms with Crippen molar-refractivity contribution >= 4 is 17.6 Å². The van der Waals surface area contributed by atoms with Crippen LogP contribution in [-0.4, -0.2) is 34.9 Å². The zero-order valence-corrected chi connectivity index (χ0v) is 10.4. The molecule has 1 fully saturated rings. The number of ether oxygens (including phenoxy) is 1. The van der Waals surface area contributed by atoms with Crippen LogP contribution in [0.3, 0.4) is 0 Å². The molecule has 1 heterocycles. The molecule has 19 heavy (non-hydrogen) atoms. The van der Waals surface area contributed by atoms with Gasteiger partial charge in [0, 0.05) is 17.0 Å². The number of methoxy groups -OCH3 is 1. The second-order valence-electron chi connectivity index (χ2n) is 4.42. The third kappa shape index (κ3) is 2.56. The Hall–Kier alpha value is -2.38. The molecule has 0 unspecified atom stereocenters. The van der Waals surface area contributed by atoms with Crippen LogP contribution in [0.4, 0.5) is 5.69 Å². The molecule has 0 spiro atoms. The first-order valence-electron chi connectivity index (χ1n) is 5.66. The Morgan fingerprint density at radius 2 is 2.26 bits per heavy atom. The molecule has 1 aromatic rings. The van der Waals surface area contributed by atoms with Crippen molar-refractivity contribution in [3.63, 3.8) is 0 Å². The van der Waals surface area contributed by atoms with E-state index in [2.05, 4.69) is 15.0 Å². The van der Waals surface area contributed by atoms with Gasteiger partial charge in [-0.2, -0.15) is 0 Å². The smallest absolute Gasteiger partial charge is 0.356 e. The van der Waals surface area contributed by atoms with E-state index in [1.165, 1.54) is 7.11 Å². The van der Waals surface area contributed by atoms with Crippen LogP contribution >= 0.6 is 0 Å². The third-order valence-electron chi connectivity index (χ3n) is 2.96. The molecule has 8 nitrogen and oxygen atoms in total. The molecule has 2 rings (SSSR count). The van der Waals surface area contributed by atoms with Crippen LogP contribution in [0, 0.1) is 23.0 Å². The van der Waals surface area contributed by atoms with Crippen molar-refractivity contribution in [3.05, 3.63) is 27.6 Å². The van der Waals surface area contributed by atoms with Crippen molar-refractivity contribution < 1.29 is 19.2 Å². The zero-order chi connectivity index (χ0) is 14.2. The van der Waals surface area contributed by atoms with Crippen molar-refractivity contribution in [3.8, 4) is 0 Å². The highest BCUT2D eigenvalue weighted by atomic mass is 16.6. The van der Waals surface area contributed by atoms with E-state index in [4.69, 9.17) is 0 Å². The van der Waals surface area contributed by atoms with Crippen LogP contribution in [0.25, 0.3) is 0 Å². The lowest BCUT2D eigenvalue weighted by Gasteiger charge is -2.04. The SMILES string of the molecule is COC(=O)c1[nH]c(C)cc1NC(=O)[C@@H]1C[C@@H]1[N+](=O)[O-]. The summed E-state index contributed by atoms with van der Waals surface area (Å²) >= 11 is 0. The molecule has 1 aliphatic carbocycles. The Labute approximate surface area is 108 Å². The van der Waals surface area contributed by atoms with Gasteiger partial charge in [-0.15, -0.1) is 0 Å². The topological polar surface area (TPSA) is 114 Å². The number of carbonyl (C=O) groups excluding carboxylic acids is 2. The summed E-state index contributed by atoms with van der Waals surface area (Å²) in [5.41, 5.74) is 1.09. The molecule has 2 N–H and O–H groups in total. The Morgan fingerprint density at radius 3 is 2.79 bits per heavy atom. The monoisotopic (exact) mass is 267 g/mol. The van der Waals surface area contributed by atoms with Gasteiger partial charge >= 0.3 is 5.97 Å². The minimum atomic E-state index is -0.818. The number of esters is 1. The number of hydrogen-bond acceptors (Lipinski definition) is 5. The van der Waals surface area contributed by atoms with Gasteiger partial charge < -0.3 is 15.0 Å². The van der Waals surface area contributed by atoms with E-state index in [1.807, 2.05) is 0 Å². The summed E-state index contributed by atoms with van der Waals surface area (Å²) in [7, 11) is 1.23. The van der Waals surface area contributed by atoms with Gasteiger partial charge in [-0.25, -0.2) is 4.79 Å². The fourth-order valence-electron chi connectivity index (χ4n) is 1.87. The summed E-state index contributed by atoms with van der Waals surface area (Å²) in [6.45, 7) is 1.72. The zero-order valence-electron chi connectivity index (χ0n) is 10.4. The summed E-state index contributed by atoms with van der Waals surface area (Å²) in [5.74, 6) is -1.69. The van der Waals surface area contributed by atoms with Crippen molar-refractivity contribution in [1.29, 1.82) is 0 Å². The minimum absolute atomic E-state index is 0.131. The fraction of sp³-hybridized carbons (Fsp3) is 0.455. The van der Waals surface area contributed by atoms with Gasteiger partial charge in [0.25, 0.3) is 0 Å². The molecule has 1 amide bonds. The maximum atomic E-state index is 11.8. The molecule has 1 saturated carbocycles. The van der Waals surface area contributed by atoms with Crippen molar-refractivity contribution in [2.75, 3.05) is 12.4 Å². The van der Waals surface area contributed by atoms with E-state index in [-0.39, 0.29) is 17.8 Å². The molecule has 0 bridgehead atoms. The number of nitrogens with one attached hydrogen (secondary N) is 2. The normalized spacial score (nSPS) is 20.7. The first kappa shape index (κ1) is 13.1. The predicted octanol–water partition coefficient (Wildman–Crippen LogP) is 0.713. The maximum absolute atomic E-state index is 11.8. The second kappa shape index (κ2) is 4.71. The van der Waals surface area contributed by atoms with E-state index in [0.29, 0.717) is 5.69 Å². The van der Waals surface area contributed by atoms with Crippen LogP contribution in [0.15, 0.2) is 6.07 Å². The number of nitro groups is 1. The average Bonchev–Trinajstić information content (AvgIpc) is 3.08. The standard InChI is InChI=1S/C11H13N3O5/c1-5-3-7(9(12-5)11(16)19-2)13-10(15)6-4-8(6)14(17)18/h3,6,8,12H,4H2,1-2H3,(H,13,15)/t6-,8+/m1/s1. The van der Waals surface area contributed by atoms with Gasteiger partial charge in [-0.3, -0.25) is 14.9 Å². The number of hydrogen-bond donors (Lipinski definition) is 2. The molecule has 0 aromatic carbocycles. The lowest BCUT2D eigenvalue weighted by molar-refractivity contribution is -0.497. The van der Waals surface area contributed by atoms with Gasteiger partial charge in [0.15, 0.2) is 0 Å². The Bertz CT molecular complexity index is 551. The van der Waals surface area contributed by atoms with E-state index in [9.17, 15) is 19.7 Å². The summed E-state index contributed by atoms with van der Waals surface area (Å²) in [6.07, 6.45) is 0.232. The average molecular weight is 267 g/mol. The molecular weight excluding hydrogens is 254 g/mol. The van der Waals surface area contributed by atoms with Crippen LogP contribution in [0.2, 0.25) is 0 Å². The lowest BCUT2D eigenvalue weighted by atomic mass is 10.3. The highest BCUT2D eigenvalue weighted by Crippen LogP contribution is 2.34. The Balaban J connectivity index is 2.09. The summed E-state index contributed by atoms with van der Waals surface area (Å²) in [4.78, 5) is 36.1. The van der Waals surface area contributed by atoms with Gasteiger partial charge in [-0.05, 0) is 13.0 Å². The van der Waals surface area contributed by atoms with Crippen molar-refractivity contribution in [2.45, 2.75) is 19.4 Å². The number of nitrogens with zero attached hydrogens (tertiary/aromatic N) is 1. The highest BCUT2D eigenvalue weighted by molar-refractivity contribution is 6.01. The van der Waals surface area contributed by atoms with Gasteiger partial charge in [0.1, 0.15) is 11.6 Å². The van der Waals surface area contributed by atoms with Crippen LogP contribution in [0.5, 0.6) is 0 Å².